The highest BCUT2D eigenvalue weighted by Gasteiger charge is 2.27. The summed E-state index contributed by atoms with van der Waals surface area (Å²) in [6.45, 7) is 6.27. The van der Waals surface area contributed by atoms with E-state index in [9.17, 15) is 9.90 Å². The Balaban J connectivity index is 1.91. The molecule has 0 fully saturated rings. The molecular formula is C21H28N2O3. The van der Waals surface area contributed by atoms with Crippen molar-refractivity contribution in [2.75, 3.05) is 6.54 Å². The van der Waals surface area contributed by atoms with Gasteiger partial charge < -0.3 is 20.9 Å². The summed E-state index contributed by atoms with van der Waals surface area (Å²) in [4.78, 5) is 12.1. The first kappa shape index (κ1) is 19.9. The lowest BCUT2D eigenvalue weighted by Crippen LogP contribution is -2.49. The molecule has 0 saturated heterocycles. The van der Waals surface area contributed by atoms with Gasteiger partial charge in [-0.05, 0) is 28.7 Å². The van der Waals surface area contributed by atoms with Crippen LogP contribution in [0, 0.1) is 5.41 Å². The zero-order valence-electron chi connectivity index (χ0n) is 15.6. The molecular weight excluding hydrogens is 328 g/mol. The van der Waals surface area contributed by atoms with Crippen molar-refractivity contribution in [1.82, 2.24) is 5.32 Å². The molecule has 0 bridgehead atoms. The summed E-state index contributed by atoms with van der Waals surface area (Å²) in [5.74, 6) is 0.399. The average Bonchev–Trinajstić information content (AvgIpc) is 2.64. The number of carbonyl (C=O) groups is 1. The maximum Gasteiger partial charge on any atom is 0.237 e. The molecule has 2 atom stereocenters. The van der Waals surface area contributed by atoms with Crippen LogP contribution in [0.4, 0.5) is 0 Å². The highest BCUT2D eigenvalue weighted by atomic mass is 16.5. The summed E-state index contributed by atoms with van der Waals surface area (Å²) in [5.41, 5.74) is 7.34. The number of aliphatic hydroxyl groups excluding tert-OH is 1. The molecule has 1 unspecified atom stereocenters. The van der Waals surface area contributed by atoms with E-state index in [1.807, 2.05) is 63.2 Å². The number of amides is 1. The minimum Gasteiger partial charge on any atom is -0.489 e. The molecule has 0 aromatic heterocycles. The van der Waals surface area contributed by atoms with Crippen LogP contribution in [-0.2, 0) is 11.4 Å². The van der Waals surface area contributed by atoms with Crippen molar-refractivity contribution in [3.8, 4) is 5.75 Å². The summed E-state index contributed by atoms with van der Waals surface area (Å²) in [5, 5.41) is 13.1. The van der Waals surface area contributed by atoms with Gasteiger partial charge in [0.25, 0.3) is 0 Å². The standard InChI is InChI=1S/C21H28N2O3/c1-21(2,3)19(22)20(25)23-13-18(24)16-10-7-11-17(12-16)26-14-15-8-5-4-6-9-15/h4-12,18-19,24H,13-14,22H2,1-3H3,(H,23,25)/t18?,19-/m1/s1. The van der Waals surface area contributed by atoms with Crippen molar-refractivity contribution >= 4 is 5.91 Å². The van der Waals surface area contributed by atoms with Gasteiger partial charge in [-0.2, -0.15) is 0 Å². The second-order valence-electron chi connectivity index (χ2n) is 7.45. The second-order valence-corrected chi connectivity index (χ2v) is 7.45. The van der Waals surface area contributed by atoms with Crippen molar-refractivity contribution in [2.45, 2.75) is 39.5 Å². The van der Waals surface area contributed by atoms with Gasteiger partial charge in [0.05, 0.1) is 12.1 Å². The molecule has 2 aromatic rings. The van der Waals surface area contributed by atoms with E-state index in [0.717, 1.165) is 5.56 Å². The Labute approximate surface area is 155 Å². The van der Waals surface area contributed by atoms with E-state index < -0.39 is 12.1 Å². The van der Waals surface area contributed by atoms with Gasteiger partial charge in [0.15, 0.2) is 0 Å². The summed E-state index contributed by atoms with van der Waals surface area (Å²) in [7, 11) is 0. The number of carbonyl (C=O) groups excluding carboxylic acids is 1. The third-order valence-electron chi connectivity index (χ3n) is 4.18. The molecule has 2 aromatic carbocycles. The summed E-state index contributed by atoms with van der Waals surface area (Å²) in [6, 6.07) is 16.5. The van der Waals surface area contributed by atoms with E-state index in [0.29, 0.717) is 17.9 Å². The topological polar surface area (TPSA) is 84.6 Å². The van der Waals surface area contributed by atoms with Crippen LogP contribution in [0.3, 0.4) is 0 Å². The Bertz CT molecular complexity index is 711. The molecule has 5 heteroatoms. The van der Waals surface area contributed by atoms with Crippen LogP contribution in [0.25, 0.3) is 0 Å². The van der Waals surface area contributed by atoms with Gasteiger partial charge in [-0.25, -0.2) is 0 Å². The lowest BCUT2D eigenvalue weighted by molar-refractivity contribution is -0.125. The predicted octanol–water partition coefficient (Wildman–Crippen LogP) is 2.79. The van der Waals surface area contributed by atoms with E-state index in [1.54, 1.807) is 12.1 Å². The first-order chi connectivity index (χ1) is 12.3. The van der Waals surface area contributed by atoms with Gasteiger partial charge in [-0.1, -0.05) is 63.2 Å². The fourth-order valence-electron chi connectivity index (χ4n) is 2.37. The highest BCUT2D eigenvalue weighted by Crippen LogP contribution is 2.21. The van der Waals surface area contributed by atoms with E-state index in [4.69, 9.17) is 10.5 Å². The minimum absolute atomic E-state index is 0.102. The molecule has 140 valence electrons. The summed E-state index contributed by atoms with van der Waals surface area (Å²) < 4.78 is 5.77. The predicted molar refractivity (Wildman–Crippen MR) is 103 cm³/mol. The number of rotatable bonds is 7. The molecule has 0 radical (unpaired) electrons. The zero-order valence-corrected chi connectivity index (χ0v) is 15.6. The average molecular weight is 356 g/mol. The molecule has 0 heterocycles. The maximum absolute atomic E-state index is 12.1. The monoisotopic (exact) mass is 356 g/mol. The Morgan fingerprint density at radius 3 is 2.50 bits per heavy atom. The van der Waals surface area contributed by atoms with Gasteiger partial charge in [-0.15, -0.1) is 0 Å². The van der Waals surface area contributed by atoms with E-state index in [2.05, 4.69) is 5.32 Å². The van der Waals surface area contributed by atoms with Crippen LogP contribution < -0.4 is 15.8 Å². The molecule has 0 aliphatic rings. The van der Waals surface area contributed by atoms with Crippen molar-refractivity contribution in [2.24, 2.45) is 11.1 Å². The minimum atomic E-state index is -0.827. The lowest BCUT2D eigenvalue weighted by atomic mass is 9.87. The molecule has 26 heavy (non-hydrogen) atoms. The molecule has 0 spiro atoms. The Morgan fingerprint density at radius 1 is 1.15 bits per heavy atom. The number of benzene rings is 2. The van der Waals surface area contributed by atoms with Crippen molar-refractivity contribution < 1.29 is 14.6 Å². The van der Waals surface area contributed by atoms with E-state index >= 15 is 0 Å². The Hall–Kier alpha value is -2.37. The van der Waals surface area contributed by atoms with Gasteiger partial charge >= 0.3 is 0 Å². The summed E-state index contributed by atoms with van der Waals surface area (Å²) in [6.07, 6.45) is -0.827. The largest absolute Gasteiger partial charge is 0.489 e. The Morgan fingerprint density at radius 2 is 1.85 bits per heavy atom. The van der Waals surface area contributed by atoms with Crippen LogP contribution >= 0.6 is 0 Å². The van der Waals surface area contributed by atoms with Crippen LogP contribution in [-0.4, -0.2) is 23.6 Å². The molecule has 1 amide bonds. The summed E-state index contributed by atoms with van der Waals surface area (Å²) >= 11 is 0. The SMILES string of the molecule is CC(C)(C)[C@H](N)C(=O)NCC(O)c1cccc(OCc2ccccc2)c1. The number of nitrogens with one attached hydrogen (secondary N) is 1. The van der Waals surface area contributed by atoms with Crippen molar-refractivity contribution in [1.29, 1.82) is 0 Å². The fourth-order valence-corrected chi connectivity index (χ4v) is 2.37. The molecule has 2 rings (SSSR count). The van der Waals surface area contributed by atoms with Gasteiger partial charge in [0.2, 0.25) is 5.91 Å². The molecule has 5 nitrogen and oxygen atoms in total. The van der Waals surface area contributed by atoms with E-state index in [1.165, 1.54) is 0 Å². The lowest BCUT2D eigenvalue weighted by Gasteiger charge is -2.26. The fraction of sp³-hybridized carbons (Fsp3) is 0.381. The van der Waals surface area contributed by atoms with Gasteiger partial charge in [-0.3, -0.25) is 4.79 Å². The quantitative estimate of drug-likeness (QED) is 0.712. The first-order valence-corrected chi connectivity index (χ1v) is 8.75. The maximum atomic E-state index is 12.1. The van der Waals surface area contributed by atoms with Crippen LogP contribution in [0.2, 0.25) is 0 Å². The smallest absolute Gasteiger partial charge is 0.237 e. The molecule has 0 saturated carbocycles. The number of ether oxygens (including phenoxy) is 1. The first-order valence-electron chi connectivity index (χ1n) is 8.75. The van der Waals surface area contributed by atoms with Crippen LogP contribution in [0.1, 0.15) is 38.0 Å². The van der Waals surface area contributed by atoms with Gasteiger partial charge in [0, 0.05) is 6.54 Å². The normalized spacial score (nSPS) is 13.7. The van der Waals surface area contributed by atoms with Crippen molar-refractivity contribution in [3.05, 3.63) is 65.7 Å². The van der Waals surface area contributed by atoms with Gasteiger partial charge in [0.1, 0.15) is 12.4 Å². The highest BCUT2D eigenvalue weighted by molar-refractivity contribution is 5.82. The molecule has 0 aliphatic carbocycles. The number of hydrogen-bond donors (Lipinski definition) is 3. The second kappa shape index (κ2) is 8.83. The van der Waals surface area contributed by atoms with E-state index in [-0.39, 0.29) is 17.9 Å². The molecule has 4 N–H and O–H groups in total. The van der Waals surface area contributed by atoms with Crippen LogP contribution in [0.15, 0.2) is 54.6 Å². The Kier molecular flexibility index (Phi) is 6.77. The third-order valence-corrected chi connectivity index (χ3v) is 4.18. The third kappa shape index (κ3) is 5.86. The molecule has 0 aliphatic heterocycles. The number of hydrogen-bond acceptors (Lipinski definition) is 4. The zero-order chi connectivity index (χ0) is 19.2. The number of aliphatic hydroxyl groups is 1. The van der Waals surface area contributed by atoms with Crippen LogP contribution in [0.5, 0.6) is 5.75 Å². The van der Waals surface area contributed by atoms with Crippen molar-refractivity contribution in [3.63, 3.8) is 0 Å². The number of nitrogens with two attached hydrogens (primary N) is 1.